The van der Waals surface area contributed by atoms with Gasteiger partial charge in [-0.3, -0.25) is 0 Å². The molecule has 2 rings (SSSR count). The Labute approximate surface area is 100 Å². The van der Waals surface area contributed by atoms with Gasteiger partial charge in [-0.1, -0.05) is 24.6 Å². The van der Waals surface area contributed by atoms with E-state index in [1.807, 2.05) is 12.1 Å². The van der Waals surface area contributed by atoms with Crippen molar-refractivity contribution in [1.82, 2.24) is 4.98 Å². The van der Waals surface area contributed by atoms with Gasteiger partial charge in [0.25, 0.3) is 0 Å². The van der Waals surface area contributed by atoms with Crippen molar-refractivity contribution in [3.8, 4) is 0 Å². The van der Waals surface area contributed by atoms with Crippen LogP contribution >= 0.6 is 11.6 Å². The Bertz CT molecular complexity index is 370. The molecular formula is C12H16ClNO2. The number of hydrogen-bond donors (Lipinski definition) is 1. The number of nitrogens with zero attached hydrogens (tertiary/aromatic N) is 1. The average molecular weight is 242 g/mol. The first-order valence-corrected chi connectivity index (χ1v) is 5.95. The molecule has 0 aromatic carbocycles. The first-order valence-electron chi connectivity index (χ1n) is 5.57. The summed E-state index contributed by atoms with van der Waals surface area (Å²) in [6, 6.07) is 3.84. The monoisotopic (exact) mass is 241 g/mol. The third-order valence-corrected chi connectivity index (χ3v) is 3.32. The number of hydrogen-bond acceptors (Lipinski definition) is 3. The van der Waals surface area contributed by atoms with E-state index in [2.05, 4.69) is 11.9 Å². The summed E-state index contributed by atoms with van der Waals surface area (Å²) in [5.41, 5.74) is 2.16. The summed E-state index contributed by atoms with van der Waals surface area (Å²) >= 11 is 5.83. The maximum atomic E-state index is 8.91. The Balaban J connectivity index is 2.09. The number of aliphatic hydroxyl groups is 1. The van der Waals surface area contributed by atoms with E-state index in [4.69, 9.17) is 21.4 Å². The van der Waals surface area contributed by atoms with Crippen LogP contribution in [0.1, 0.15) is 24.6 Å². The molecule has 0 amide bonds. The second kappa shape index (κ2) is 5.13. The fraction of sp³-hybridized carbons (Fsp3) is 0.583. The van der Waals surface area contributed by atoms with Gasteiger partial charge >= 0.3 is 0 Å². The zero-order valence-electron chi connectivity index (χ0n) is 9.32. The Morgan fingerprint density at radius 2 is 2.44 bits per heavy atom. The molecule has 1 aliphatic rings. The SMILES string of the molecule is CC(CCO)[C@H]1Cc2ccc(Cl)nc2CO1. The number of halogens is 1. The van der Waals surface area contributed by atoms with E-state index in [9.17, 15) is 0 Å². The van der Waals surface area contributed by atoms with Crippen molar-refractivity contribution >= 4 is 11.6 Å². The fourth-order valence-electron chi connectivity index (χ4n) is 2.03. The summed E-state index contributed by atoms with van der Waals surface area (Å²) in [5, 5.41) is 9.43. The normalized spacial score (nSPS) is 21.6. The Kier molecular flexibility index (Phi) is 3.79. The van der Waals surface area contributed by atoms with Crippen LogP contribution in [-0.2, 0) is 17.8 Å². The lowest BCUT2D eigenvalue weighted by atomic mass is 9.93. The minimum absolute atomic E-state index is 0.183. The molecule has 1 aromatic heterocycles. The molecule has 88 valence electrons. The highest BCUT2D eigenvalue weighted by atomic mass is 35.5. The Morgan fingerprint density at radius 3 is 3.19 bits per heavy atom. The van der Waals surface area contributed by atoms with E-state index >= 15 is 0 Å². The first kappa shape index (κ1) is 11.8. The van der Waals surface area contributed by atoms with Crippen molar-refractivity contribution in [1.29, 1.82) is 0 Å². The van der Waals surface area contributed by atoms with Crippen molar-refractivity contribution in [3.63, 3.8) is 0 Å². The quantitative estimate of drug-likeness (QED) is 0.825. The summed E-state index contributed by atoms with van der Waals surface area (Å²) < 4.78 is 5.74. The molecule has 0 spiro atoms. The smallest absolute Gasteiger partial charge is 0.129 e. The van der Waals surface area contributed by atoms with E-state index in [0.717, 1.165) is 18.5 Å². The van der Waals surface area contributed by atoms with Crippen LogP contribution in [0.5, 0.6) is 0 Å². The topological polar surface area (TPSA) is 42.4 Å². The molecular weight excluding hydrogens is 226 g/mol. The molecule has 1 unspecified atom stereocenters. The fourth-order valence-corrected chi connectivity index (χ4v) is 2.20. The van der Waals surface area contributed by atoms with Crippen molar-refractivity contribution < 1.29 is 9.84 Å². The summed E-state index contributed by atoms with van der Waals surface area (Å²) in [4.78, 5) is 4.24. The van der Waals surface area contributed by atoms with Gasteiger partial charge in [0.05, 0.1) is 18.4 Å². The maximum absolute atomic E-state index is 8.91. The number of rotatable bonds is 3. The zero-order valence-corrected chi connectivity index (χ0v) is 10.1. The van der Waals surface area contributed by atoms with Gasteiger partial charge in [-0.05, 0) is 24.0 Å². The standard InChI is InChI=1S/C12H16ClNO2/c1-8(4-5-15)11-6-9-2-3-12(13)14-10(9)7-16-11/h2-3,8,11,15H,4-7H2,1H3/t8?,11-/m1/s1. The molecule has 0 saturated heterocycles. The molecule has 0 bridgehead atoms. The highest BCUT2D eigenvalue weighted by molar-refractivity contribution is 6.29. The minimum Gasteiger partial charge on any atom is -0.396 e. The molecule has 2 atom stereocenters. The third kappa shape index (κ3) is 2.54. The maximum Gasteiger partial charge on any atom is 0.129 e. The summed E-state index contributed by atoms with van der Waals surface area (Å²) in [6.07, 6.45) is 1.82. The van der Waals surface area contributed by atoms with Crippen molar-refractivity contribution in [3.05, 3.63) is 28.5 Å². The number of aliphatic hydroxyl groups excluding tert-OH is 1. The molecule has 0 aliphatic carbocycles. The number of fused-ring (bicyclic) bond motifs is 1. The second-order valence-electron chi connectivity index (χ2n) is 4.28. The van der Waals surface area contributed by atoms with Gasteiger partial charge in [-0.25, -0.2) is 4.98 Å². The van der Waals surface area contributed by atoms with Crippen LogP contribution in [0, 0.1) is 5.92 Å². The van der Waals surface area contributed by atoms with Gasteiger partial charge in [0, 0.05) is 13.0 Å². The van der Waals surface area contributed by atoms with Crippen LogP contribution in [0.4, 0.5) is 0 Å². The molecule has 2 heterocycles. The first-order chi connectivity index (χ1) is 7.70. The lowest BCUT2D eigenvalue weighted by Gasteiger charge is -2.29. The predicted octanol–water partition coefficient (Wildman–Crippen LogP) is 2.19. The van der Waals surface area contributed by atoms with Crippen molar-refractivity contribution in [2.75, 3.05) is 6.61 Å². The van der Waals surface area contributed by atoms with Gasteiger partial charge in [0.15, 0.2) is 0 Å². The molecule has 1 N–H and O–H groups in total. The summed E-state index contributed by atoms with van der Waals surface area (Å²) in [5.74, 6) is 0.369. The number of ether oxygens (including phenoxy) is 1. The average Bonchev–Trinajstić information content (AvgIpc) is 2.28. The third-order valence-electron chi connectivity index (χ3n) is 3.11. The van der Waals surface area contributed by atoms with Crippen LogP contribution in [0.3, 0.4) is 0 Å². The van der Waals surface area contributed by atoms with E-state index < -0.39 is 0 Å². The molecule has 1 aromatic rings. The molecule has 0 saturated carbocycles. The van der Waals surface area contributed by atoms with Crippen LogP contribution in [0.25, 0.3) is 0 Å². The predicted molar refractivity (Wildman–Crippen MR) is 62.4 cm³/mol. The highest BCUT2D eigenvalue weighted by Gasteiger charge is 2.24. The lowest BCUT2D eigenvalue weighted by Crippen LogP contribution is -2.29. The minimum atomic E-state index is 0.183. The van der Waals surface area contributed by atoms with E-state index in [0.29, 0.717) is 17.7 Å². The van der Waals surface area contributed by atoms with Crippen LogP contribution < -0.4 is 0 Å². The van der Waals surface area contributed by atoms with Gasteiger partial charge in [0.2, 0.25) is 0 Å². The lowest BCUT2D eigenvalue weighted by molar-refractivity contribution is -0.0129. The van der Waals surface area contributed by atoms with Crippen LogP contribution in [-0.4, -0.2) is 22.8 Å². The van der Waals surface area contributed by atoms with E-state index in [1.165, 1.54) is 5.56 Å². The Morgan fingerprint density at radius 1 is 1.62 bits per heavy atom. The van der Waals surface area contributed by atoms with Crippen LogP contribution in [0.15, 0.2) is 12.1 Å². The summed E-state index contributed by atoms with van der Waals surface area (Å²) in [7, 11) is 0. The molecule has 3 nitrogen and oxygen atoms in total. The largest absolute Gasteiger partial charge is 0.396 e. The molecule has 16 heavy (non-hydrogen) atoms. The van der Waals surface area contributed by atoms with Gasteiger partial charge < -0.3 is 9.84 Å². The van der Waals surface area contributed by atoms with Crippen molar-refractivity contribution in [2.45, 2.75) is 32.5 Å². The number of pyridine rings is 1. The molecule has 1 aliphatic heterocycles. The van der Waals surface area contributed by atoms with Crippen LogP contribution in [0.2, 0.25) is 5.15 Å². The molecule has 4 heteroatoms. The number of aromatic nitrogens is 1. The Hall–Kier alpha value is -0.640. The second-order valence-corrected chi connectivity index (χ2v) is 4.67. The van der Waals surface area contributed by atoms with E-state index in [1.54, 1.807) is 0 Å². The van der Waals surface area contributed by atoms with Gasteiger partial charge in [-0.15, -0.1) is 0 Å². The molecule has 0 radical (unpaired) electrons. The summed E-state index contributed by atoms with van der Waals surface area (Å²) in [6.45, 7) is 2.85. The molecule has 0 fully saturated rings. The van der Waals surface area contributed by atoms with Gasteiger partial charge in [-0.2, -0.15) is 0 Å². The zero-order chi connectivity index (χ0) is 11.5. The van der Waals surface area contributed by atoms with Gasteiger partial charge in [0.1, 0.15) is 5.15 Å². The van der Waals surface area contributed by atoms with Crippen molar-refractivity contribution in [2.24, 2.45) is 5.92 Å². The highest BCUT2D eigenvalue weighted by Crippen LogP contribution is 2.25. The van der Waals surface area contributed by atoms with E-state index in [-0.39, 0.29) is 12.7 Å².